The number of benzene rings is 1. The molecule has 2 N–H and O–H groups in total. The van der Waals surface area contributed by atoms with Gasteiger partial charge in [0.15, 0.2) is 0 Å². The lowest BCUT2D eigenvalue weighted by molar-refractivity contribution is 0.562. The van der Waals surface area contributed by atoms with E-state index >= 15 is 0 Å². The largest absolute Gasteiger partial charge is 0.472 e. The normalized spacial score (nSPS) is 12.8. The lowest BCUT2D eigenvalue weighted by Crippen LogP contribution is -2.12. The van der Waals surface area contributed by atoms with E-state index in [1.807, 2.05) is 6.07 Å². The maximum absolute atomic E-state index is 6.21. The molecular weight excluding hydrogens is 266 g/mol. The Bertz CT molecular complexity index is 491. The minimum Gasteiger partial charge on any atom is -0.472 e. The van der Waals surface area contributed by atoms with Crippen LogP contribution < -0.4 is 5.73 Å². The molecule has 2 aromatic rings. The van der Waals surface area contributed by atoms with Gasteiger partial charge in [0.05, 0.1) is 18.6 Å². The van der Waals surface area contributed by atoms with E-state index in [2.05, 4.69) is 41.9 Å². The molecule has 0 aliphatic heterocycles. The quantitative estimate of drug-likeness (QED) is 0.910. The summed E-state index contributed by atoms with van der Waals surface area (Å²) in [4.78, 5) is 0. The Balaban J connectivity index is 2.44. The van der Waals surface area contributed by atoms with Gasteiger partial charge < -0.3 is 10.2 Å². The third-order valence-electron chi connectivity index (χ3n) is 2.78. The molecule has 0 bridgehead atoms. The SMILES string of the molecule is Cc1cc(C(N)c2ccoc2)c(C)cc1Br. The number of hydrogen-bond acceptors (Lipinski definition) is 2. The van der Waals surface area contributed by atoms with Gasteiger partial charge in [0.2, 0.25) is 0 Å². The fraction of sp³-hybridized carbons (Fsp3) is 0.231. The van der Waals surface area contributed by atoms with Gasteiger partial charge >= 0.3 is 0 Å². The predicted octanol–water partition coefficient (Wildman–Crippen LogP) is 3.71. The lowest BCUT2D eigenvalue weighted by atomic mass is 9.96. The molecule has 0 aliphatic rings. The van der Waals surface area contributed by atoms with Crippen LogP contribution in [0.5, 0.6) is 0 Å². The minimum absolute atomic E-state index is 0.120. The standard InChI is InChI=1S/C13H14BrNO/c1-8-6-12(14)9(2)5-11(8)13(15)10-3-4-16-7-10/h3-7,13H,15H2,1-2H3. The summed E-state index contributed by atoms with van der Waals surface area (Å²) < 4.78 is 6.18. The van der Waals surface area contributed by atoms with Crippen molar-refractivity contribution >= 4 is 15.9 Å². The fourth-order valence-corrected chi connectivity index (χ4v) is 2.23. The third kappa shape index (κ3) is 2.06. The number of furan rings is 1. The highest BCUT2D eigenvalue weighted by atomic mass is 79.9. The maximum atomic E-state index is 6.21. The zero-order valence-electron chi connectivity index (χ0n) is 9.33. The van der Waals surface area contributed by atoms with Crippen LogP contribution in [0.1, 0.15) is 28.3 Å². The Morgan fingerprint density at radius 2 is 2.00 bits per heavy atom. The topological polar surface area (TPSA) is 39.2 Å². The Labute approximate surface area is 104 Å². The van der Waals surface area contributed by atoms with Crippen LogP contribution >= 0.6 is 15.9 Å². The predicted molar refractivity (Wildman–Crippen MR) is 68.4 cm³/mol. The molecule has 0 aliphatic carbocycles. The van der Waals surface area contributed by atoms with Gasteiger partial charge in [-0.2, -0.15) is 0 Å². The van der Waals surface area contributed by atoms with E-state index in [-0.39, 0.29) is 6.04 Å². The minimum atomic E-state index is -0.120. The molecule has 0 fully saturated rings. The van der Waals surface area contributed by atoms with Crippen LogP contribution in [0.15, 0.2) is 39.6 Å². The van der Waals surface area contributed by atoms with Crippen LogP contribution in [0, 0.1) is 13.8 Å². The van der Waals surface area contributed by atoms with Crippen molar-refractivity contribution in [3.8, 4) is 0 Å². The summed E-state index contributed by atoms with van der Waals surface area (Å²) >= 11 is 3.52. The van der Waals surface area contributed by atoms with E-state index in [9.17, 15) is 0 Å². The number of hydrogen-bond donors (Lipinski definition) is 1. The van der Waals surface area contributed by atoms with Crippen molar-refractivity contribution in [2.24, 2.45) is 5.73 Å². The van der Waals surface area contributed by atoms with Crippen LogP contribution in [0.25, 0.3) is 0 Å². The lowest BCUT2D eigenvalue weighted by Gasteiger charge is -2.15. The number of nitrogens with two attached hydrogens (primary N) is 1. The fourth-order valence-electron chi connectivity index (χ4n) is 1.77. The van der Waals surface area contributed by atoms with Gasteiger partial charge in [-0.15, -0.1) is 0 Å². The van der Waals surface area contributed by atoms with Crippen LogP contribution in [-0.2, 0) is 0 Å². The first-order valence-electron chi connectivity index (χ1n) is 5.14. The summed E-state index contributed by atoms with van der Waals surface area (Å²) in [6.07, 6.45) is 3.34. The van der Waals surface area contributed by atoms with Crippen LogP contribution in [0.2, 0.25) is 0 Å². The van der Waals surface area contributed by atoms with Crippen molar-refractivity contribution in [1.29, 1.82) is 0 Å². The van der Waals surface area contributed by atoms with E-state index in [1.165, 1.54) is 11.1 Å². The van der Waals surface area contributed by atoms with Gasteiger partial charge in [0.25, 0.3) is 0 Å². The Kier molecular flexibility index (Phi) is 3.17. The number of halogens is 1. The third-order valence-corrected chi connectivity index (χ3v) is 3.64. The highest BCUT2D eigenvalue weighted by molar-refractivity contribution is 9.10. The van der Waals surface area contributed by atoms with Gasteiger partial charge in [-0.1, -0.05) is 22.0 Å². The summed E-state index contributed by atoms with van der Waals surface area (Å²) in [6, 6.07) is 6.01. The molecule has 1 aromatic heterocycles. The second-order valence-corrected chi connectivity index (χ2v) is 4.85. The van der Waals surface area contributed by atoms with Gasteiger partial charge in [-0.05, 0) is 42.7 Å². The molecule has 0 amide bonds. The molecular formula is C13H14BrNO. The zero-order valence-corrected chi connectivity index (χ0v) is 10.9. The van der Waals surface area contributed by atoms with Gasteiger partial charge in [0.1, 0.15) is 0 Å². The van der Waals surface area contributed by atoms with Crippen molar-refractivity contribution in [3.63, 3.8) is 0 Å². The average Bonchev–Trinajstić information content (AvgIpc) is 2.75. The number of rotatable bonds is 2. The van der Waals surface area contributed by atoms with Crippen molar-refractivity contribution in [2.45, 2.75) is 19.9 Å². The van der Waals surface area contributed by atoms with Gasteiger partial charge in [-0.25, -0.2) is 0 Å². The summed E-state index contributed by atoms with van der Waals surface area (Å²) in [5.41, 5.74) is 10.7. The molecule has 1 unspecified atom stereocenters. The number of aryl methyl sites for hydroxylation is 2. The molecule has 1 atom stereocenters. The molecule has 3 heteroatoms. The molecule has 84 valence electrons. The Morgan fingerprint density at radius 1 is 1.25 bits per heavy atom. The van der Waals surface area contributed by atoms with Crippen molar-refractivity contribution in [2.75, 3.05) is 0 Å². The first-order chi connectivity index (χ1) is 7.59. The van der Waals surface area contributed by atoms with E-state index in [0.717, 1.165) is 15.6 Å². The summed E-state index contributed by atoms with van der Waals surface area (Å²) in [5, 5.41) is 0. The average molecular weight is 280 g/mol. The smallest absolute Gasteiger partial charge is 0.0953 e. The second kappa shape index (κ2) is 4.44. The molecule has 1 aromatic carbocycles. The van der Waals surface area contributed by atoms with Crippen LogP contribution in [0.4, 0.5) is 0 Å². The van der Waals surface area contributed by atoms with Gasteiger partial charge in [0, 0.05) is 10.0 Å². The van der Waals surface area contributed by atoms with E-state index in [0.29, 0.717) is 0 Å². The molecule has 16 heavy (non-hydrogen) atoms. The molecule has 2 rings (SSSR count). The molecule has 0 spiro atoms. The maximum Gasteiger partial charge on any atom is 0.0953 e. The van der Waals surface area contributed by atoms with E-state index in [4.69, 9.17) is 10.2 Å². The van der Waals surface area contributed by atoms with Gasteiger partial charge in [-0.3, -0.25) is 0 Å². The van der Waals surface area contributed by atoms with Crippen molar-refractivity contribution in [1.82, 2.24) is 0 Å². The highest BCUT2D eigenvalue weighted by Crippen LogP contribution is 2.27. The highest BCUT2D eigenvalue weighted by Gasteiger charge is 2.13. The molecule has 0 saturated heterocycles. The zero-order chi connectivity index (χ0) is 11.7. The summed E-state index contributed by atoms with van der Waals surface area (Å²) in [7, 11) is 0. The summed E-state index contributed by atoms with van der Waals surface area (Å²) in [5.74, 6) is 0. The molecule has 1 heterocycles. The van der Waals surface area contributed by atoms with E-state index < -0.39 is 0 Å². The Hall–Kier alpha value is -1.06. The summed E-state index contributed by atoms with van der Waals surface area (Å²) in [6.45, 7) is 4.13. The molecule has 0 radical (unpaired) electrons. The second-order valence-electron chi connectivity index (χ2n) is 3.99. The first kappa shape index (κ1) is 11.4. The van der Waals surface area contributed by atoms with Crippen molar-refractivity contribution < 1.29 is 4.42 Å². The monoisotopic (exact) mass is 279 g/mol. The Morgan fingerprint density at radius 3 is 2.62 bits per heavy atom. The van der Waals surface area contributed by atoms with Crippen LogP contribution in [-0.4, -0.2) is 0 Å². The first-order valence-corrected chi connectivity index (χ1v) is 5.93. The van der Waals surface area contributed by atoms with Crippen LogP contribution in [0.3, 0.4) is 0 Å². The van der Waals surface area contributed by atoms with E-state index in [1.54, 1.807) is 12.5 Å². The molecule has 2 nitrogen and oxygen atoms in total. The van der Waals surface area contributed by atoms with Crippen molar-refractivity contribution in [3.05, 3.63) is 57.5 Å². The molecule has 0 saturated carbocycles.